The molecule has 0 radical (unpaired) electrons. The van der Waals surface area contributed by atoms with Crippen molar-refractivity contribution in [1.29, 1.82) is 0 Å². The lowest BCUT2D eigenvalue weighted by atomic mass is 10.0. The third kappa shape index (κ3) is 22.3. The Morgan fingerprint density at radius 3 is 1.36 bits per heavy atom. The SMILES string of the molecule is CCC(CC(=O)CCCC(=O)ON1C(=O)CCC1=O)NC(=O)OCC(CCO)CCCO.CCC(CC(=O)ON1C(=O)CCC1=O)NC(=O)OCC(CCO)CCCO. The Hall–Kier alpha value is -4.73. The molecule has 4 atom stereocenters. The maximum Gasteiger partial charge on any atom is 0.407 e. The number of ketones is 1. The summed E-state index contributed by atoms with van der Waals surface area (Å²) >= 11 is 0. The van der Waals surface area contributed by atoms with Crippen LogP contribution in [0.25, 0.3) is 0 Å². The Kier molecular flexibility index (Phi) is 26.9. The van der Waals surface area contributed by atoms with Gasteiger partial charge in [0, 0.05) is 83.5 Å². The largest absolute Gasteiger partial charge is 0.449 e. The fourth-order valence-corrected chi connectivity index (χ4v) is 5.76. The Morgan fingerprint density at radius 1 is 0.559 bits per heavy atom. The van der Waals surface area contributed by atoms with Crippen molar-refractivity contribution >= 4 is 53.5 Å². The summed E-state index contributed by atoms with van der Waals surface area (Å²) < 4.78 is 10.3. The standard InChI is InChI=1S/C21H34N2O9.C17H28N2O8/c1-2-16(22-21(30)31-14-15(10-12-25)5-4-11-24)13-17(26)6-3-7-20(29)32-23-18(27)8-9-19(23)28;1-2-13(10-16(24)27-19-14(22)5-6-15(19)23)18-17(25)26-11-12(7-9-21)4-3-8-20/h15-16,24-25H,2-14H2,1H3,(H,22,30);12-13,20-21H,2-11H2,1H3,(H,18,25). The first-order chi connectivity index (χ1) is 28.2. The lowest BCUT2D eigenvalue weighted by Gasteiger charge is -2.19. The van der Waals surface area contributed by atoms with Crippen molar-refractivity contribution in [3.63, 3.8) is 0 Å². The van der Waals surface area contributed by atoms with Crippen LogP contribution in [0.5, 0.6) is 0 Å². The number of carbonyl (C=O) groups is 9. The van der Waals surface area contributed by atoms with Crippen LogP contribution < -0.4 is 10.6 Å². The number of aliphatic hydroxyl groups excluding tert-OH is 4. The van der Waals surface area contributed by atoms with Crippen LogP contribution in [-0.4, -0.2) is 136 Å². The number of hydroxylamine groups is 4. The Morgan fingerprint density at radius 2 is 0.966 bits per heavy atom. The van der Waals surface area contributed by atoms with Gasteiger partial charge in [0.15, 0.2) is 0 Å². The molecular formula is C38H62N4O17. The zero-order valence-electron chi connectivity index (χ0n) is 34.1. The van der Waals surface area contributed by atoms with Gasteiger partial charge in [-0.1, -0.05) is 13.8 Å². The van der Waals surface area contributed by atoms with E-state index in [1.54, 1.807) is 6.92 Å². The van der Waals surface area contributed by atoms with Gasteiger partial charge in [-0.3, -0.25) is 24.0 Å². The zero-order valence-corrected chi connectivity index (χ0v) is 34.1. The number of rotatable bonds is 28. The summed E-state index contributed by atoms with van der Waals surface area (Å²) in [5, 5.41) is 42.0. The average molecular weight is 847 g/mol. The van der Waals surface area contributed by atoms with Crippen LogP contribution in [-0.2, 0) is 52.7 Å². The van der Waals surface area contributed by atoms with Crippen molar-refractivity contribution in [2.75, 3.05) is 39.6 Å². The smallest absolute Gasteiger partial charge is 0.407 e. The van der Waals surface area contributed by atoms with E-state index in [9.17, 15) is 43.2 Å². The quantitative estimate of drug-likeness (QED) is 0.0604. The van der Waals surface area contributed by atoms with Crippen LogP contribution in [0, 0.1) is 11.8 Å². The predicted molar refractivity (Wildman–Crippen MR) is 203 cm³/mol. The molecule has 0 spiro atoms. The normalized spacial score (nSPS) is 15.8. The number of nitrogens with zero attached hydrogens (tertiary/aromatic N) is 2. The predicted octanol–water partition coefficient (Wildman–Crippen LogP) is 1.26. The molecule has 6 amide bonds. The fraction of sp³-hybridized carbons (Fsp3) is 0.763. The first-order valence-electron chi connectivity index (χ1n) is 20.2. The topological polar surface area (TPSA) is 302 Å². The van der Waals surface area contributed by atoms with E-state index < -0.39 is 59.8 Å². The van der Waals surface area contributed by atoms with Gasteiger partial charge in [-0.2, -0.15) is 0 Å². The molecular weight excluding hydrogens is 784 g/mol. The molecule has 6 N–H and O–H groups in total. The average Bonchev–Trinajstić information content (AvgIpc) is 3.69. The summed E-state index contributed by atoms with van der Waals surface area (Å²) in [7, 11) is 0. The van der Waals surface area contributed by atoms with Crippen LogP contribution in [0.3, 0.4) is 0 Å². The summed E-state index contributed by atoms with van der Waals surface area (Å²) in [6.45, 7) is 3.74. The summed E-state index contributed by atoms with van der Waals surface area (Å²) in [6.07, 6.45) is 2.91. The van der Waals surface area contributed by atoms with E-state index in [0.717, 1.165) is 0 Å². The Labute approximate surface area is 343 Å². The number of ether oxygens (including phenoxy) is 2. The number of carbonyl (C=O) groups excluding carboxylic acids is 9. The van der Waals surface area contributed by atoms with Gasteiger partial charge in [-0.05, 0) is 69.6 Å². The second kappa shape index (κ2) is 30.3. The molecule has 2 aliphatic heterocycles. The molecule has 2 aliphatic rings. The summed E-state index contributed by atoms with van der Waals surface area (Å²) in [5.41, 5.74) is 0. The molecule has 2 saturated heterocycles. The van der Waals surface area contributed by atoms with Gasteiger partial charge in [0.05, 0.1) is 19.6 Å². The molecule has 21 nitrogen and oxygen atoms in total. The summed E-state index contributed by atoms with van der Waals surface area (Å²) in [6, 6.07) is -0.998. The number of hydrogen-bond donors (Lipinski definition) is 6. The molecule has 0 bridgehead atoms. The highest BCUT2D eigenvalue weighted by atomic mass is 16.7. The number of amides is 6. The fourth-order valence-electron chi connectivity index (χ4n) is 5.76. The van der Waals surface area contributed by atoms with E-state index in [1.165, 1.54) is 0 Å². The van der Waals surface area contributed by atoms with Crippen molar-refractivity contribution in [2.24, 2.45) is 11.8 Å². The molecule has 0 saturated carbocycles. The number of alkyl carbamates (subject to hydrolysis) is 2. The van der Waals surface area contributed by atoms with Crippen molar-refractivity contribution < 1.29 is 82.7 Å². The van der Waals surface area contributed by atoms with Gasteiger partial charge in [-0.25, -0.2) is 19.2 Å². The first kappa shape index (κ1) is 52.3. The minimum Gasteiger partial charge on any atom is -0.449 e. The van der Waals surface area contributed by atoms with E-state index in [2.05, 4.69) is 10.6 Å². The van der Waals surface area contributed by atoms with Crippen LogP contribution in [0.1, 0.15) is 123 Å². The Bertz CT molecular complexity index is 1350. The van der Waals surface area contributed by atoms with Crippen LogP contribution in [0.2, 0.25) is 0 Å². The molecule has 0 aliphatic carbocycles. The maximum absolute atomic E-state index is 12.2. The van der Waals surface area contributed by atoms with Gasteiger partial charge >= 0.3 is 24.1 Å². The highest BCUT2D eigenvalue weighted by Crippen LogP contribution is 2.16. The molecule has 0 aromatic heterocycles. The van der Waals surface area contributed by atoms with Gasteiger partial charge in [0.2, 0.25) is 0 Å². The monoisotopic (exact) mass is 846 g/mol. The maximum atomic E-state index is 12.2. The molecule has 2 heterocycles. The molecule has 336 valence electrons. The molecule has 0 aromatic carbocycles. The van der Waals surface area contributed by atoms with Gasteiger partial charge in [0.25, 0.3) is 23.6 Å². The second-order valence-electron chi connectivity index (χ2n) is 14.1. The lowest BCUT2D eigenvalue weighted by Crippen LogP contribution is -2.39. The molecule has 59 heavy (non-hydrogen) atoms. The highest BCUT2D eigenvalue weighted by Gasteiger charge is 2.34. The molecule has 2 fully saturated rings. The number of hydrogen-bond acceptors (Lipinski definition) is 17. The van der Waals surface area contributed by atoms with Crippen molar-refractivity contribution in [3.8, 4) is 0 Å². The van der Waals surface area contributed by atoms with E-state index in [4.69, 9.17) is 39.6 Å². The third-order valence-corrected chi connectivity index (χ3v) is 9.27. The first-order valence-corrected chi connectivity index (χ1v) is 20.2. The van der Waals surface area contributed by atoms with E-state index in [0.29, 0.717) is 61.5 Å². The van der Waals surface area contributed by atoms with Crippen LogP contribution in [0.4, 0.5) is 9.59 Å². The van der Waals surface area contributed by atoms with Crippen molar-refractivity contribution in [1.82, 2.24) is 20.8 Å². The second-order valence-corrected chi connectivity index (χ2v) is 14.1. The number of aliphatic hydroxyl groups is 4. The minimum absolute atomic E-state index is 0.0131. The van der Waals surface area contributed by atoms with Crippen LogP contribution >= 0.6 is 0 Å². The molecule has 21 heteroatoms. The van der Waals surface area contributed by atoms with E-state index >= 15 is 0 Å². The van der Waals surface area contributed by atoms with Gasteiger partial charge in [0.1, 0.15) is 5.78 Å². The minimum atomic E-state index is -0.799. The van der Waals surface area contributed by atoms with Crippen molar-refractivity contribution in [2.45, 2.75) is 135 Å². The summed E-state index contributed by atoms with van der Waals surface area (Å²) in [5.74, 6) is -4.06. The van der Waals surface area contributed by atoms with Crippen LogP contribution in [0.15, 0.2) is 0 Å². The van der Waals surface area contributed by atoms with Crippen molar-refractivity contribution in [3.05, 3.63) is 0 Å². The highest BCUT2D eigenvalue weighted by molar-refractivity contribution is 6.02. The number of Topliss-reactive ketones (excluding diaryl/α,β-unsaturated/α-hetero) is 1. The molecule has 2 rings (SSSR count). The number of nitrogens with one attached hydrogen (secondary N) is 2. The third-order valence-electron chi connectivity index (χ3n) is 9.27. The van der Waals surface area contributed by atoms with E-state index in [-0.39, 0.29) is 115 Å². The van der Waals surface area contributed by atoms with E-state index in [1.807, 2.05) is 6.92 Å². The Balaban J connectivity index is 0.000000599. The van der Waals surface area contributed by atoms with Gasteiger partial charge < -0.3 is 50.2 Å². The lowest BCUT2D eigenvalue weighted by molar-refractivity contribution is -0.197. The molecule has 4 unspecified atom stereocenters. The zero-order chi connectivity index (χ0) is 44.2. The summed E-state index contributed by atoms with van der Waals surface area (Å²) in [4.78, 5) is 115. The number of imide groups is 2. The molecule has 0 aromatic rings. The van der Waals surface area contributed by atoms with Gasteiger partial charge in [-0.15, -0.1) is 10.1 Å².